The minimum atomic E-state index is -0.700. The van der Waals surface area contributed by atoms with Gasteiger partial charge in [0.1, 0.15) is 0 Å². The summed E-state index contributed by atoms with van der Waals surface area (Å²) in [6.07, 6.45) is 0. The van der Waals surface area contributed by atoms with Crippen LogP contribution in [0, 0.1) is 11.3 Å². The maximum atomic E-state index is 9.67. The van der Waals surface area contributed by atoms with Crippen LogP contribution in [0.2, 0.25) is 0 Å². The van der Waals surface area contributed by atoms with Gasteiger partial charge in [-0.2, -0.15) is 5.26 Å². The van der Waals surface area contributed by atoms with E-state index >= 15 is 0 Å². The smallest absolute Gasteiger partial charge is 0.0991 e. The van der Waals surface area contributed by atoms with Crippen molar-refractivity contribution in [3.63, 3.8) is 0 Å². The van der Waals surface area contributed by atoms with Crippen molar-refractivity contribution in [2.75, 3.05) is 0 Å². The average molecular weight is 760 g/mol. The lowest BCUT2D eigenvalue weighted by Crippen LogP contribution is -2.44. The minimum Gasteiger partial charge on any atom is -0.192 e. The molecule has 10 aromatic carbocycles. The van der Waals surface area contributed by atoms with Crippen molar-refractivity contribution in [3.05, 3.63) is 275 Å². The highest BCUT2D eigenvalue weighted by atomic mass is 14.6. The monoisotopic (exact) mass is 759 g/mol. The predicted octanol–water partition coefficient (Wildman–Crippen LogP) is 14.3. The lowest BCUT2D eigenvalue weighted by atomic mass is 9.51. The van der Waals surface area contributed by atoms with Gasteiger partial charge in [-0.1, -0.05) is 212 Å². The summed E-state index contributed by atoms with van der Waals surface area (Å²) in [5, 5.41) is 14.4. The Morgan fingerprint density at radius 2 is 0.717 bits per heavy atom. The third-order valence-electron chi connectivity index (χ3n) is 13.4. The second-order valence-electron chi connectivity index (χ2n) is 16.1. The summed E-state index contributed by atoms with van der Waals surface area (Å²) in [4.78, 5) is 0. The van der Waals surface area contributed by atoms with Crippen molar-refractivity contribution in [1.82, 2.24) is 0 Å². The molecular formula is C59H37N. The van der Waals surface area contributed by atoms with Crippen LogP contribution in [-0.2, 0) is 10.8 Å². The van der Waals surface area contributed by atoms with Gasteiger partial charge >= 0.3 is 0 Å². The number of nitrogens with zero attached hydrogens (tertiary/aromatic N) is 1. The molecule has 0 aliphatic heterocycles. The van der Waals surface area contributed by atoms with Gasteiger partial charge < -0.3 is 0 Å². The summed E-state index contributed by atoms with van der Waals surface area (Å²) in [6, 6.07) is 85.2. The number of benzene rings is 10. The number of nitriles is 1. The van der Waals surface area contributed by atoms with Crippen molar-refractivity contribution in [3.8, 4) is 39.4 Å². The van der Waals surface area contributed by atoms with Gasteiger partial charge in [-0.3, -0.25) is 0 Å². The molecular weight excluding hydrogens is 723 g/mol. The van der Waals surface area contributed by atoms with E-state index in [9.17, 15) is 5.26 Å². The molecule has 0 N–H and O–H groups in total. The maximum absolute atomic E-state index is 9.67. The second kappa shape index (κ2) is 13.1. The van der Waals surface area contributed by atoms with Crippen molar-refractivity contribution >= 4 is 21.5 Å². The predicted molar refractivity (Wildman–Crippen MR) is 246 cm³/mol. The highest BCUT2D eigenvalue weighted by molar-refractivity contribution is 6.21. The van der Waals surface area contributed by atoms with Gasteiger partial charge in [-0.15, -0.1) is 0 Å². The van der Waals surface area contributed by atoms with Crippen LogP contribution < -0.4 is 0 Å². The molecule has 0 heterocycles. The van der Waals surface area contributed by atoms with Gasteiger partial charge in [0.15, 0.2) is 0 Å². The first-order chi connectivity index (χ1) is 29.8. The molecule has 1 nitrogen and oxygen atoms in total. The lowest BCUT2D eigenvalue weighted by molar-refractivity contribution is 0.627. The van der Waals surface area contributed by atoms with E-state index in [2.05, 4.69) is 218 Å². The van der Waals surface area contributed by atoms with E-state index in [1.54, 1.807) is 0 Å². The van der Waals surface area contributed by atoms with Gasteiger partial charge in [0, 0.05) is 0 Å². The number of hydrogen-bond acceptors (Lipinski definition) is 1. The van der Waals surface area contributed by atoms with Crippen LogP contribution in [0.5, 0.6) is 0 Å². The van der Waals surface area contributed by atoms with E-state index in [4.69, 9.17) is 0 Å². The Morgan fingerprint density at radius 3 is 1.30 bits per heavy atom. The zero-order chi connectivity index (χ0) is 39.8. The topological polar surface area (TPSA) is 23.8 Å². The molecule has 0 aromatic heterocycles. The van der Waals surface area contributed by atoms with Crippen LogP contribution in [0.25, 0.3) is 54.9 Å². The van der Waals surface area contributed by atoms with E-state index in [-0.39, 0.29) is 0 Å². The molecule has 0 saturated carbocycles. The Kier molecular flexibility index (Phi) is 7.49. The quantitative estimate of drug-likeness (QED) is 0.160. The molecule has 0 bridgehead atoms. The molecule has 2 atom stereocenters. The Morgan fingerprint density at radius 1 is 0.300 bits per heavy atom. The summed E-state index contributed by atoms with van der Waals surface area (Å²) in [5.41, 5.74) is 17.1. The Labute approximate surface area is 350 Å². The molecule has 60 heavy (non-hydrogen) atoms. The number of hydrogen-bond donors (Lipinski definition) is 0. The van der Waals surface area contributed by atoms with Crippen molar-refractivity contribution in [2.45, 2.75) is 10.8 Å². The molecule has 2 aliphatic carbocycles. The van der Waals surface area contributed by atoms with E-state index < -0.39 is 10.8 Å². The Hall–Kier alpha value is -7.79. The largest absolute Gasteiger partial charge is 0.192 e. The lowest BCUT2D eigenvalue weighted by Gasteiger charge is -2.50. The Bertz CT molecular complexity index is 3320. The molecule has 2 aliphatic rings. The van der Waals surface area contributed by atoms with Crippen molar-refractivity contribution in [2.24, 2.45) is 0 Å². The first kappa shape index (κ1) is 34.3. The van der Waals surface area contributed by atoms with Crippen LogP contribution in [0.4, 0.5) is 0 Å². The fourth-order valence-electron chi connectivity index (χ4n) is 11.3. The minimum absolute atomic E-state index is 0.518. The third-order valence-corrected chi connectivity index (χ3v) is 13.4. The van der Waals surface area contributed by atoms with Crippen molar-refractivity contribution < 1.29 is 0 Å². The second-order valence-corrected chi connectivity index (χ2v) is 16.1. The van der Waals surface area contributed by atoms with Gasteiger partial charge in [0.25, 0.3) is 0 Å². The number of rotatable bonds is 5. The standard InChI is InChI=1S/C59H37N/c60-38-39-34-36-40(37-35-39)55-44-23-7-9-25-46(44)56(47-26-10-8-24-45(47)55)49-27-12-14-30-51(49)58(41-18-3-1-4-19-41)52-31-15-16-32-53(52)59(42-20-5-2-6-21-42)50-29-13-11-22-43(50)48-28-17-33-54(58)57(48)59/h1-37H. The summed E-state index contributed by atoms with van der Waals surface area (Å²) in [5.74, 6) is 0. The molecule has 278 valence electrons. The SMILES string of the molecule is N#Cc1ccc(-c2c3ccccc3c(-c3ccccc3C3(c4ccccc4)c4ccccc4C4(c5ccccc5)c5ccccc5-c5cccc3c54)c3ccccc23)cc1. The van der Waals surface area contributed by atoms with E-state index in [0.29, 0.717) is 5.56 Å². The van der Waals surface area contributed by atoms with Gasteiger partial charge in [-0.05, 0) is 112 Å². The average Bonchev–Trinajstić information content (AvgIpc) is 3.64. The van der Waals surface area contributed by atoms with Crippen LogP contribution in [0.15, 0.2) is 224 Å². The molecule has 1 heteroatoms. The van der Waals surface area contributed by atoms with E-state index in [1.807, 2.05) is 12.1 Å². The summed E-state index contributed by atoms with van der Waals surface area (Å²) >= 11 is 0. The van der Waals surface area contributed by atoms with E-state index in [1.165, 1.54) is 93.9 Å². The summed E-state index contributed by atoms with van der Waals surface area (Å²) in [7, 11) is 0. The molecule has 0 spiro atoms. The summed E-state index contributed by atoms with van der Waals surface area (Å²) in [6.45, 7) is 0. The van der Waals surface area contributed by atoms with Crippen LogP contribution >= 0.6 is 0 Å². The van der Waals surface area contributed by atoms with Crippen LogP contribution in [0.3, 0.4) is 0 Å². The van der Waals surface area contributed by atoms with Crippen molar-refractivity contribution in [1.29, 1.82) is 5.26 Å². The Balaban J connectivity index is 1.26. The number of fused-ring (bicyclic) bond motifs is 7. The van der Waals surface area contributed by atoms with Gasteiger partial charge in [-0.25, -0.2) is 0 Å². The van der Waals surface area contributed by atoms with E-state index in [0.717, 1.165) is 5.56 Å². The molecule has 12 rings (SSSR count). The van der Waals surface area contributed by atoms with Crippen LogP contribution in [-0.4, -0.2) is 0 Å². The molecule has 0 amide bonds. The maximum Gasteiger partial charge on any atom is 0.0991 e. The first-order valence-electron chi connectivity index (χ1n) is 20.7. The molecule has 10 aromatic rings. The first-order valence-corrected chi connectivity index (χ1v) is 20.7. The molecule has 0 radical (unpaired) electrons. The fraction of sp³-hybridized carbons (Fsp3) is 0.0339. The molecule has 0 fully saturated rings. The van der Waals surface area contributed by atoms with Gasteiger partial charge in [0.2, 0.25) is 0 Å². The fourth-order valence-corrected chi connectivity index (χ4v) is 11.3. The highest BCUT2D eigenvalue weighted by Gasteiger charge is 2.58. The van der Waals surface area contributed by atoms with Gasteiger partial charge in [0.05, 0.1) is 22.5 Å². The molecule has 0 saturated heterocycles. The zero-order valence-corrected chi connectivity index (χ0v) is 32.8. The highest BCUT2D eigenvalue weighted by Crippen LogP contribution is 2.66. The van der Waals surface area contributed by atoms with Crippen LogP contribution in [0.1, 0.15) is 50.1 Å². The molecule has 2 unspecified atom stereocenters. The zero-order valence-electron chi connectivity index (χ0n) is 32.8. The third kappa shape index (κ3) is 4.45. The normalized spacial score (nSPS) is 17.1. The summed E-state index contributed by atoms with van der Waals surface area (Å²) < 4.78 is 0.